The van der Waals surface area contributed by atoms with E-state index < -0.39 is 18.1 Å². The second-order valence-corrected chi connectivity index (χ2v) is 20.3. The third-order valence-corrected chi connectivity index (χ3v) is 12.8. The van der Waals surface area contributed by atoms with Crippen LogP contribution in [-0.2, 0) is 85.6 Å². The van der Waals surface area contributed by atoms with Gasteiger partial charge in [0.25, 0.3) is 0 Å². The van der Waals surface area contributed by atoms with E-state index in [9.17, 15) is 33.9 Å². The SMILES string of the molecule is CC.CC.CCCCCCCCCCCCCCCC(=O)NC(CCC(=O)NCCCCC(NC(=O)CCCCN)C(=O)NCCOCCOCCOCCOCCOCCOCCOCCOCCOCCOCCOCCOCCC(C)=O)C(=O)O. The molecule has 24 heteroatoms. The Bertz CT molecular complexity index is 1530. The molecule has 2 atom stereocenters. The third-order valence-electron chi connectivity index (χ3n) is 12.8. The van der Waals surface area contributed by atoms with Crippen LogP contribution in [0.4, 0.5) is 0 Å². The van der Waals surface area contributed by atoms with E-state index in [0.29, 0.717) is 210 Å². The van der Waals surface area contributed by atoms with E-state index in [1.807, 2.05) is 27.7 Å². The summed E-state index contributed by atoms with van der Waals surface area (Å²) in [7, 11) is 0. The first-order chi connectivity index (χ1) is 43.1. The van der Waals surface area contributed by atoms with Gasteiger partial charge in [0.05, 0.1) is 159 Å². The molecule has 0 heterocycles. The molecular formula is C64H127N5O19. The van der Waals surface area contributed by atoms with Crippen LogP contribution in [0.1, 0.15) is 189 Å². The smallest absolute Gasteiger partial charge is 0.326 e. The molecule has 0 aliphatic carbocycles. The highest BCUT2D eigenvalue weighted by atomic mass is 16.6. The van der Waals surface area contributed by atoms with Gasteiger partial charge in [-0.05, 0) is 58.4 Å². The summed E-state index contributed by atoms with van der Waals surface area (Å²) >= 11 is 0. The Morgan fingerprint density at radius 3 is 1.02 bits per heavy atom. The standard InChI is InChI=1S/C60H115N5O19.2C2H6/c1-3-4-5-6-7-8-9-10-11-12-13-14-15-21-58(69)65-55(60(71)72)23-24-56(67)62-27-19-17-20-54(64-57(68)22-16-18-26-61)59(70)63-28-30-74-32-34-76-36-38-78-40-42-80-44-46-82-48-50-84-52-51-83-49-47-81-45-43-79-41-39-77-37-35-75-33-31-73-29-25-53(2)66;2*1-2/h54-55H,3-52,61H2,1-2H3,(H,62,67)(H,63,70)(H,64,68)(H,65,69)(H,71,72);2*1-2H3. The molecule has 7 N–H and O–H groups in total. The number of carboxylic acids is 1. The second-order valence-electron chi connectivity index (χ2n) is 20.3. The maximum atomic E-state index is 13.1. The number of aliphatic carboxylic acids is 1. The Labute approximate surface area is 530 Å². The summed E-state index contributed by atoms with van der Waals surface area (Å²) in [5.74, 6) is -2.28. The number of carbonyl (C=O) groups is 6. The highest BCUT2D eigenvalue weighted by molar-refractivity contribution is 5.87. The molecule has 522 valence electrons. The normalized spacial score (nSPS) is 11.7. The molecule has 0 saturated carbocycles. The van der Waals surface area contributed by atoms with Crippen LogP contribution in [0.3, 0.4) is 0 Å². The summed E-state index contributed by atoms with van der Waals surface area (Å²) < 4.78 is 65.8. The zero-order valence-corrected chi connectivity index (χ0v) is 55.9. The van der Waals surface area contributed by atoms with E-state index in [1.165, 1.54) is 57.8 Å². The van der Waals surface area contributed by atoms with Gasteiger partial charge >= 0.3 is 5.97 Å². The first kappa shape index (κ1) is 88.7. The fourth-order valence-electron chi connectivity index (χ4n) is 7.96. The number of ether oxygens (including phenoxy) is 12. The number of nitrogens with one attached hydrogen (secondary N) is 4. The Hall–Kier alpha value is -3.50. The number of rotatable bonds is 69. The van der Waals surface area contributed by atoms with E-state index in [4.69, 9.17) is 62.6 Å². The Balaban J connectivity index is -0.0000177. The minimum atomic E-state index is -1.17. The fraction of sp³-hybridized carbons (Fsp3) is 0.906. The van der Waals surface area contributed by atoms with Crippen LogP contribution in [0.5, 0.6) is 0 Å². The van der Waals surface area contributed by atoms with Crippen molar-refractivity contribution in [2.24, 2.45) is 5.73 Å². The molecule has 2 unspecified atom stereocenters. The topological polar surface area (TPSA) is 308 Å². The molecule has 0 saturated heterocycles. The summed E-state index contributed by atoms with van der Waals surface area (Å²) in [5.41, 5.74) is 5.58. The molecule has 0 aromatic carbocycles. The Morgan fingerprint density at radius 2 is 0.670 bits per heavy atom. The molecule has 0 aromatic rings. The van der Waals surface area contributed by atoms with Gasteiger partial charge in [-0.3, -0.25) is 24.0 Å². The third kappa shape index (κ3) is 71.6. The lowest BCUT2D eigenvalue weighted by atomic mass is 10.0. The molecule has 0 aliphatic heterocycles. The van der Waals surface area contributed by atoms with E-state index in [0.717, 1.165) is 19.3 Å². The largest absolute Gasteiger partial charge is 0.480 e. The summed E-state index contributed by atoms with van der Waals surface area (Å²) in [5, 5.41) is 20.7. The van der Waals surface area contributed by atoms with Crippen LogP contribution in [-0.4, -0.2) is 231 Å². The fourth-order valence-corrected chi connectivity index (χ4v) is 7.96. The van der Waals surface area contributed by atoms with Crippen molar-refractivity contribution in [3.63, 3.8) is 0 Å². The van der Waals surface area contributed by atoms with Crippen LogP contribution in [0.25, 0.3) is 0 Å². The molecular weight excluding hydrogens is 1140 g/mol. The number of nitrogens with two attached hydrogens (primary N) is 1. The van der Waals surface area contributed by atoms with Crippen molar-refractivity contribution in [2.75, 3.05) is 178 Å². The lowest BCUT2D eigenvalue weighted by Gasteiger charge is -2.19. The summed E-state index contributed by atoms with van der Waals surface area (Å²) in [6.45, 7) is 23.2. The van der Waals surface area contributed by atoms with Gasteiger partial charge in [0.2, 0.25) is 23.6 Å². The maximum Gasteiger partial charge on any atom is 0.326 e. The van der Waals surface area contributed by atoms with E-state index in [1.54, 1.807) is 6.92 Å². The van der Waals surface area contributed by atoms with Crippen molar-refractivity contribution in [2.45, 2.75) is 201 Å². The number of hydrogen-bond donors (Lipinski definition) is 6. The molecule has 24 nitrogen and oxygen atoms in total. The minimum absolute atomic E-state index is 0.0239. The average molecular weight is 1270 g/mol. The van der Waals surface area contributed by atoms with Crippen LogP contribution < -0.4 is 27.0 Å². The van der Waals surface area contributed by atoms with Crippen molar-refractivity contribution < 1.29 is 90.7 Å². The first-order valence-electron chi connectivity index (χ1n) is 33.6. The molecule has 0 radical (unpaired) electrons. The number of unbranched alkanes of at least 4 members (excludes halogenated alkanes) is 14. The number of Topliss-reactive ketones (excluding diaryl/α,β-unsaturated/α-hetero) is 1. The van der Waals surface area contributed by atoms with Crippen molar-refractivity contribution in [3.05, 3.63) is 0 Å². The highest BCUT2D eigenvalue weighted by Crippen LogP contribution is 2.13. The predicted molar refractivity (Wildman–Crippen MR) is 342 cm³/mol. The van der Waals surface area contributed by atoms with Crippen LogP contribution >= 0.6 is 0 Å². The van der Waals surface area contributed by atoms with Gasteiger partial charge in [0, 0.05) is 38.8 Å². The van der Waals surface area contributed by atoms with Crippen LogP contribution in [0.15, 0.2) is 0 Å². The summed E-state index contributed by atoms with van der Waals surface area (Å²) in [6.07, 6.45) is 19.1. The summed E-state index contributed by atoms with van der Waals surface area (Å²) in [6, 6.07) is -1.91. The number of hydrogen-bond acceptors (Lipinski definition) is 19. The molecule has 0 spiro atoms. The number of carbonyl (C=O) groups excluding carboxylic acids is 5. The zero-order chi connectivity index (χ0) is 65.3. The van der Waals surface area contributed by atoms with Gasteiger partial charge in [-0.25, -0.2) is 4.79 Å². The maximum absolute atomic E-state index is 13.1. The molecule has 0 aliphatic rings. The monoisotopic (exact) mass is 1270 g/mol. The lowest BCUT2D eigenvalue weighted by Crippen LogP contribution is -2.47. The van der Waals surface area contributed by atoms with Crippen molar-refractivity contribution in [1.82, 2.24) is 21.3 Å². The van der Waals surface area contributed by atoms with Gasteiger partial charge in [-0.15, -0.1) is 0 Å². The lowest BCUT2D eigenvalue weighted by molar-refractivity contribution is -0.142. The van der Waals surface area contributed by atoms with Crippen molar-refractivity contribution in [1.29, 1.82) is 0 Å². The van der Waals surface area contributed by atoms with Gasteiger partial charge in [-0.1, -0.05) is 112 Å². The number of ketones is 1. The minimum Gasteiger partial charge on any atom is -0.480 e. The summed E-state index contributed by atoms with van der Waals surface area (Å²) in [4.78, 5) is 73.4. The molecule has 0 aromatic heterocycles. The second kappa shape index (κ2) is 76.0. The molecule has 0 fully saturated rings. The number of carboxylic acid groups (broad SMARTS) is 1. The van der Waals surface area contributed by atoms with E-state index in [-0.39, 0.29) is 68.2 Å². The van der Waals surface area contributed by atoms with Gasteiger partial charge in [-0.2, -0.15) is 0 Å². The van der Waals surface area contributed by atoms with Gasteiger partial charge < -0.3 is 88.9 Å². The Morgan fingerprint density at radius 1 is 0.341 bits per heavy atom. The van der Waals surface area contributed by atoms with Crippen molar-refractivity contribution >= 4 is 35.4 Å². The molecule has 0 rings (SSSR count). The predicted octanol–water partition coefficient (Wildman–Crippen LogP) is 7.06. The average Bonchev–Trinajstić information content (AvgIpc) is 3.74. The molecule has 88 heavy (non-hydrogen) atoms. The Kier molecular flexibility index (Phi) is 76.6. The van der Waals surface area contributed by atoms with Crippen molar-refractivity contribution in [3.8, 4) is 0 Å². The molecule has 0 bridgehead atoms. The zero-order valence-electron chi connectivity index (χ0n) is 55.9. The number of amides is 4. The highest BCUT2D eigenvalue weighted by Gasteiger charge is 2.22. The van der Waals surface area contributed by atoms with Gasteiger partial charge in [0.1, 0.15) is 17.9 Å². The quantitative estimate of drug-likeness (QED) is 0.0332. The van der Waals surface area contributed by atoms with E-state index >= 15 is 0 Å². The van der Waals surface area contributed by atoms with E-state index in [2.05, 4.69) is 28.2 Å². The molecule has 4 amide bonds. The van der Waals surface area contributed by atoms with Crippen LogP contribution in [0.2, 0.25) is 0 Å². The van der Waals surface area contributed by atoms with Gasteiger partial charge in [0.15, 0.2) is 0 Å². The van der Waals surface area contributed by atoms with Crippen LogP contribution in [0, 0.1) is 0 Å². The first-order valence-corrected chi connectivity index (χ1v) is 33.6.